The third-order valence-corrected chi connectivity index (χ3v) is 5.09. The first-order valence-corrected chi connectivity index (χ1v) is 8.91. The highest BCUT2D eigenvalue weighted by Gasteiger charge is 2.15. The summed E-state index contributed by atoms with van der Waals surface area (Å²) in [6, 6.07) is 7.69. The molecule has 1 saturated heterocycles. The van der Waals surface area contributed by atoms with Gasteiger partial charge in [0.05, 0.1) is 10.2 Å². The average molecular weight is 333 g/mol. The summed E-state index contributed by atoms with van der Waals surface area (Å²) in [5, 5.41) is 6.36. The van der Waals surface area contributed by atoms with Gasteiger partial charge in [-0.3, -0.25) is 10.2 Å². The Hall–Kier alpha value is -1.70. The summed E-state index contributed by atoms with van der Waals surface area (Å²) in [7, 11) is 0. The molecular formula is C16H23N5OS. The van der Waals surface area contributed by atoms with Gasteiger partial charge in [0.2, 0.25) is 0 Å². The van der Waals surface area contributed by atoms with Crippen molar-refractivity contribution in [2.75, 3.05) is 51.1 Å². The molecule has 6 nitrogen and oxygen atoms in total. The van der Waals surface area contributed by atoms with Crippen LogP contribution in [0.15, 0.2) is 24.3 Å². The number of aromatic nitrogens is 1. The van der Waals surface area contributed by atoms with E-state index in [1.807, 2.05) is 24.3 Å². The Bertz CT molecular complexity index is 618. The van der Waals surface area contributed by atoms with E-state index >= 15 is 0 Å². The van der Waals surface area contributed by atoms with E-state index in [0.29, 0.717) is 11.7 Å². The fourth-order valence-corrected chi connectivity index (χ4v) is 3.58. The maximum atomic E-state index is 11.9. The summed E-state index contributed by atoms with van der Waals surface area (Å²) in [6.07, 6.45) is 0. The predicted octanol–water partition coefficient (Wildman–Crippen LogP) is 2.06. The lowest BCUT2D eigenvalue weighted by molar-refractivity contribution is 0.138. The first-order valence-electron chi connectivity index (χ1n) is 8.09. The van der Waals surface area contributed by atoms with Crippen molar-refractivity contribution in [2.45, 2.75) is 6.92 Å². The van der Waals surface area contributed by atoms with Crippen molar-refractivity contribution in [3.63, 3.8) is 0 Å². The molecule has 7 heteroatoms. The number of rotatable bonds is 5. The van der Waals surface area contributed by atoms with Crippen molar-refractivity contribution in [3.05, 3.63) is 24.3 Å². The van der Waals surface area contributed by atoms with Crippen molar-refractivity contribution in [1.82, 2.24) is 20.1 Å². The van der Waals surface area contributed by atoms with Gasteiger partial charge in [-0.15, -0.1) is 0 Å². The Morgan fingerprint density at radius 2 is 1.96 bits per heavy atom. The van der Waals surface area contributed by atoms with Crippen LogP contribution in [0.3, 0.4) is 0 Å². The summed E-state index contributed by atoms with van der Waals surface area (Å²) < 4.78 is 1.08. The molecule has 2 aromatic rings. The third-order valence-electron chi connectivity index (χ3n) is 4.14. The Morgan fingerprint density at radius 1 is 1.22 bits per heavy atom. The van der Waals surface area contributed by atoms with Gasteiger partial charge >= 0.3 is 6.03 Å². The van der Waals surface area contributed by atoms with Gasteiger partial charge in [0.1, 0.15) is 0 Å². The summed E-state index contributed by atoms with van der Waals surface area (Å²) in [4.78, 5) is 21.2. The lowest BCUT2D eigenvalue weighted by Gasteiger charge is -2.33. The van der Waals surface area contributed by atoms with Crippen molar-refractivity contribution in [1.29, 1.82) is 0 Å². The highest BCUT2D eigenvalue weighted by Crippen LogP contribution is 2.25. The molecule has 2 N–H and O–H groups in total. The van der Waals surface area contributed by atoms with Crippen LogP contribution in [0.2, 0.25) is 0 Å². The third kappa shape index (κ3) is 4.40. The van der Waals surface area contributed by atoms with Crippen LogP contribution in [0.1, 0.15) is 6.92 Å². The number of hydrogen-bond donors (Lipinski definition) is 2. The maximum Gasteiger partial charge on any atom is 0.321 e. The number of likely N-dealkylation sites (N-methyl/N-ethyl adjacent to an activating group) is 1. The number of carbonyl (C=O) groups excluding carboxylic acids is 1. The second-order valence-corrected chi connectivity index (χ2v) is 6.67. The first kappa shape index (κ1) is 16.2. The molecular weight excluding hydrogens is 310 g/mol. The number of para-hydroxylation sites is 1. The molecule has 1 aromatic heterocycles. The standard InChI is InChI=1S/C16H23N5OS/c1-2-20-9-11-21(12-10-20)8-7-17-15(22)19-16-18-13-5-3-4-6-14(13)23-16/h3-6H,2,7-12H2,1H3,(H2,17,18,19,22). The van der Waals surface area contributed by atoms with Gasteiger partial charge in [0, 0.05) is 39.3 Å². The summed E-state index contributed by atoms with van der Waals surface area (Å²) in [5.74, 6) is 0. The second kappa shape index (κ2) is 7.72. The lowest BCUT2D eigenvalue weighted by atomic mass is 10.3. The van der Waals surface area contributed by atoms with Gasteiger partial charge in [-0.05, 0) is 18.7 Å². The number of urea groups is 1. The van der Waals surface area contributed by atoms with E-state index in [2.05, 4.69) is 32.3 Å². The number of amides is 2. The molecule has 2 amide bonds. The normalized spacial score (nSPS) is 16.6. The van der Waals surface area contributed by atoms with E-state index in [4.69, 9.17) is 0 Å². The largest absolute Gasteiger partial charge is 0.337 e. The van der Waals surface area contributed by atoms with Gasteiger partial charge < -0.3 is 10.2 Å². The van der Waals surface area contributed by atoms with E-state index in [0.717, 1.165) is 49.5 Å². The quantitative estimate of drug-likeness (QED) is 0.879. The molecule has 3 rings (SSSR count). The monoisotopic (exact) mass is 333 g/mol. The smallest absolute Gasteiger partial charge is 0.321 e. The molecule has 0 saturated carbocycles. The summed E-state index contributed by atoms with van der Waals surface area (Å²) in [6.45, 7) is 9.26. The second-order valence-electron chi connectivity index (χ2n) is 5.64. The van der Waals surface area contributed by atoms with Crippen LogP contribution in [-0.2, 0) is 0 Å². The molecule has 0 atom stereocenters. The Morgan fingerprint density at radius 3 is 2.70 bits per heavy atom. The number of nitrogens with one attached hydrogen (secondary N) is 2. The average Bonchev–Trinajstić information content (AvgIpc) is 2.97. The van der Waals surface area contributed by atoms with Crippen LogP contribution >= 0.6 is 11.3 Å². The van der Waals surface area contributed by atoms with Crippen LogP contribution in [0.4, 0.5) is 9.93 Å². The molecule has 2 heterocycles. The zero-order chi connectivity index (χ0) is 16.1. The van der Waals surface area contributed by atoms with Crippen LogP contribution < -0.4 is 10.6 Å². The fraction of sp³-hybridized carbons (Fsp3) is 0.500. The van der Waals surface area contributed by atoms with E-state index < -0.39 is 0 Å². The minimum absolute atomic E-state index is 0.184. The van der Waals surface area contributed by atoms with E-state index in [1.54, 1.807) is 0 Å². The molecule has 124 valence electrons. The molecule has 23 heavy (non-hydrogen) atoms. The Kier molecular flexibility index (Phi) is 5.43. The molecule has 0 unspecified atom stereocenters. The molecule has 1 aliphatic rings. The van der Waals surface area contributed by atoms with Crippen LogP contribution in [0.25, 0.3) is 10.2 Å². The van der Waals surface area contributed by atoms with E-state index in [-0.39, 0.29) is 6.03 Å². The van der Waals surface area contributed by atoms with Gasteiger partial charge in [0.15, 0.2) is 5.13 Å². The Labute approximate surface area is 140 Å². The number of anilines is 1. The fourth-order valence-electron chi connectivity index (χ4n) is 2.72. The minimum atomic E-state index is -0.184. The zero-order valence-corrected chi connectivity index (χ0v) is 14.2. The minimum Gasteiger partial charge on any atom is -0.337 e. The van der Waals surface area contributed by atoms with Crippen molar-refractivity contribution < 1.29 is 4.79 Å². The van der Waals surface area contributed by atoms with Crippen LogP contribution in [0.5, 0.6) is 0 Å². The number of piperazine rings is 1. The topological polar surface area (TPSA) is 60.5 Å². The number of benzene rings is 1. The number of fused-ring (bicyclic) bond motifs is 1. The van der Waals surface area contributed by atoms with Crippen molar-refractivity contribution in [3.8, 4) is 0 Å². The van der Waals surface area contributed by atoms with Gasteiger partial charge in [-0.25, -0.2) is 9.78 Å². The number of hydrogen-bond acceptors (Lipinski definition) is 5. The molecule has 1 fully saturated rings. The van der Waals surface area contributed by atoms with Crippen molar-refractivity contribution in [2.24, 2.45) is 0 Å². The predicted molar refractivity (Wildman–Crippen MR) is 95.2 cm³/mol. The maximum absolute atomic E-state index is 11.9. The van der Waals surface area contributed by atoms with E-state index in [1.165, 1.54) is 11.3 Å². The molecule has 0 spiro atoms. The Balaban J connectivity index is 1.40. The van der Waals surface area contributed by atoms with Gasteiger partial charge in [-0.1, -0.05) is 30.4 Å². The molecule has 0 aliphatic carbocycles. The summed E-state index contributed by atoms with van der Waals surface area (Å²) >= 11 is 1.49. The number of nitrogens with zero attached hydrogens (tertiary/aromatic N) is 3. The summed E-state index contributed by atoms with van der Waals surface area (Å²) in [5.41, 5.74) is 0.918. The zero-order valence-electron chi connectivity index (χ0n) is 13.4. The van der Waals surface area contributed by atoms with Gasteiger partial charge in [0.25, 0.3) is 0 Å². The van der Waals surface area contributed by atoms with Crippen LogP contribution in [0, 0.1) is 0 Å². The van der Waals surface area contributed by atoms with Gasteiger partial charge in [-0.2, -0.15) is 0 Å². The molecule has 1 aliphatic heterocycles. The number of carbonyl (C=O) groups is 1. The lowest BCUT2D eigenvalue weighted by Crippen LogP contribution is -2.48. The molecule has 0 bridgehead atoms. The molecule has 0 radical (unpaired) electrons. The molecule has 1 aromatic carbocycles. The van der Waals surface area contributed by atoms with E-state index in [9.17, 15) is 4.79 Å². The van der Waals surface area contributed by atoms with Crippen molar-refractivity contribution >= 4 is 32.7 Å². The number of thiazole rings is 1. The highest BCUT2D eigenvalue weighted by molar-refractivity contribution is 7.22. The highest BCUT2D eigenvalue weighted by atomic mass is 32.1. The SMILES string of the molecule is CCN1CCN(CCNC(=O)Nc2nc3ccccc3s2)CC1. The first-order chi connectivity index (χ1) is 11.2. The van der Waals surface area contributed by atoms with Crippen LogP contribution in [-0.4, -0.2) is 66.6 Å².